The van der Waals surface area contributed by atoms with Crippen LogP contribution in [0.15, 0.2) is 81.7 Å². The summed E-state index contributed by atoms with van der Waals surface area (Å²) in [5.41, 5.74) is 3.04. The van der Waals surface area contributed by atoms with E-state index in [9.17, 15) is 4.79 Å². The minimum absolute atomic E-state index is 0.171. The zero-order chi connectivity index (χ0) is 22.2. The van der Waals surface area contributed by atoms with Crippen molar-refractivity contribution in [2.75, 3.05) is 5.32 Å². The van der Waals surface area contributed by atoms with Gasteiger partial charge in [0, 0.05) is 20.6 Å². The summed E-state index contributed by atoms with van der Waals surface area (Å²) in [6.07, 6.45) is 0. The van der Waals surface area contributed by atoms with Crippen LogP contribution in [0.3, 0.4) is 0 Å². The van der Waals surface area contributed by atoms with Gasteiger partial charge in [-0.1, -0.05) is 51.3 Å². The maximum absolute atomic E-state index is 13.0. The SMILES string of the molecule is O=C(Nc1ccc(Br)cc1-c1nc2ccccc2s1)c1ccc(-c2ccc(Cl)cc2Cl)o1. The molecule has 1 amide bonds. The van der Waals surface area contributed by atoms with Crippen LogP contribution in [0.25, 0.3) is 32.1 Å². The van der Waals surface area contributed by atoms with Crippen molar-refractivity contribution < 1.29 is 9.21 Å². The largest absolute Gasteiger partial charge is 0.451 e. The predicted molar refractivity (Wildman–Crippen MR) is 135 cm³/mol. The molecule has 32 heavy (non-hydrogen) atoms. The fraction of sp³-hybridized carbons (Fsp3) is 0. The van der Waals surface area contributed by atoms with Crippen molar-refractivity contribution in [2.45, 2.75) is 0 Å². The molecule has 0 radical (unpaired) electrons. The van der Waals surface area contributed by atoms with E-state index in [0.717, 1.165) is 25.3 Å². The molecule has 5 aromatic rings. The zero-order valence-corrected chi connectivity index (χ0v) is 20.1. The highest BCUT2D eigenvalue weighted by Gasteiger charge is 2.18. The van der Waals surface area contributed by atoms with E-state index < -0.39 is 0 Å². The van der Waals surface area contributed by atoms with Gasteiger partial charge in [0.2, 0.25) is 0 Å². The summed E-state index contributed by atoms with van der Waals surface area (Å²) in [4.78, 5) is 17.7. The second-order valence-corrected chi connectivity index (χ2v) is 9.71. The van der Waals surface area contributed by atoms with Gasteiger partial charge >= 0.3 is 0 Å². The number of carbonyl (C=O) groups is 1. The third-order valence-corrected chi connectivity index (χ3v) is 6.89. The minimum atomic E-state index is -0.369. The highest BCUT2D eigenvalue weighted by molar-refractivity contribution is 9.10. The van der Waals surface area contributed by atoms with E-state index in [1.165, 1.54) is 0 Å². The van der Waals surface area contributed by atoms with Crippen molar-refractivity contribution in [3.63, 3.8) is 0 Å². The number of para-hydroxylation sites is 1. The van der Waals surface area contributed by atoms with Crippen LogP contribution in [-0.2, 0) is 0 Å². The van der Waals surface area contributed by atoms with Crippen LogP contribution >= 0.6 is 50.5 Å². The number of halogens is 3. The van der Waals surface area contributed by atoms with E-state index in [1.54, 1.807) is 41.7 Å². The molecule has 4 nitrogen and oxygen atoms in total. The van der Waals surface area contributed by atoms with Gasteiger partial charge in [-0.05, 0) is 60.7 Å². The summed E-state index contributed by atoms with van der Waals surface area (Å²) in [6.45, 7) is 0. The number of rotatable bonds is 4. The maximum atomic E-state index is 13.0. The molecular formula is C24H13BrCl2N2O2S. The summed E-state index contributed by atoms with van der Waals surface area (Å²) >= 11 is 17.3. The van der Waals surface area contributed by atoms with Crippen LogP contribution in [0.5, 0.6) is 0 Å². The van der Waals surface area contributed by atoms with Gasteiger partial charge in [-0.15, -0.1) is 11.3 Å². The molecule has 0 saturated carbocycles. The monoisotopic (exact) mass is 542 g/mol. The highest BCUT2D eigenvalue weighted by atomic mass is 79.9. The molecule has 0 unspecified atom stereocenters. The number of nitrogens with zero attached hydrogens (tertiary/aromatic N) is 1. The summed E-state index contributed by atoms with van der Waals surface area (Å²) < 4.78 is 7.75. The van der Waals surface area contributed by atoms with Gasteiger partial charge in [0.15, 0.2) is 5.76 Å². The number of anilines is 1. The molecule has 0 bridgehead atoms. The standard InChI is InChI=1S/C24H13BrCl2N2O2S/c25-13-5-8-18(16(11-13)24-29-19-3-1-2-4-22(19)32-24)28-23(30)21-10-9-20(31-21)15-7-6-14(26)12-17(15)27/h1-12H,(H,28,30). The molecular weight excluding hydrogens is 531 g/mol. The molecule has 0 aliphatic rings. The van der Waals surface area contributed by atoms with Crippen molar-refractivity contribution in [1.82, 2.24) is 4.98 Å². The third-order valence-electron chi connectivity index (χ3n) is 4.78. The van der Waals surface area contributed by atoms with E-state index >= 15 is 0 Å². The quantitative estimate of drug-likeness (QED) is 0.247. The van der Waals surface area contributed by atoms with Crippen LogP contribution in [0.4, 0.5) is 5.69 Å². The number of amides is 1. The molecule has 2 aromatic heterocycles. The number of furan rings is 1. The van der Waals surface area contributed by atoms with Crippen molar-refractivity contribution in [3.05, 3.63) is 93.1 Å². The van der Waals surface area contributed by atoms with Gasteiger partial charge in [0.05, 0.1) is 20.9 Å². The van der Waals surface area contributed by atoms with Crippen molar-refractivity contribution in [1.29, 1.82) is 0 Å². The topological polar surface area (TPSA) is 55.1 Å². The van der Waals surface area contributed by atoms with E-state index in [4.69, 9.17) is 32.6 Å². The number of thiazole rings is 1. The Kier molecular flexibility index (Phi) is 5.78. The molecule has 8 heteroatoms. The molecule has 158 valence electrons. The lowest BCUT2D eigenvalue weighted by molar-refractivity contribution is 0.0997. The summed E-state index contributed by atoms with van der Waals surface area (Å²) in [5.74, 6) is 0.286. The van der Waals surface area contributed by atoms with E-state index in [1.807, 2.05) is 42.5 Å². The predicted octanol–water partition coefficient (Wildman–Crippen LogP) is 8.54. The normalized spacial score (nSPS) is 11.1. The van der Waals surface area contributed by atoms with Gasteiger partial charge in [0.1, 0.15) is 10.8 Å². The minimum Gasteiger partial charge on any atom is -0.451 e. The first-order valence-electron chi connectivity index (χ1n) is 9.50. The van der Waals surface area contributed by atoms with Crippen molar-refractivity contribution >= 4 is 72.3 Å². The molecule has 0 aliphatic heterocycles. The summed E-state index contributed by atoms with van der Waals surface area (Å²) in [6, 6.07) is 22.0. The fourth-order valence-corrected chi connectivity index (χ4v) is 5.13. The van der Waals surface area contributed by atoms with Crippen molar-refractivity contribution in [2.24, 2.45) is 0 Å². The number of hydrogen-bond acceptors (Lipinski definition) is 4. The zero-order valence-electron chi connectivity index (χ0n) is 16.2. The van der Waals surface area contributed by atoms with Gasteiger partial charge in [0.25, 0.3) is 5.91 Å². The summed E-state index contributed by atoms with van der Waals surface area (Å²) in [5, 5.41) is 4.74. The Morgan fingerprint density at radius 3 is 2.62 bits per heavy atom. The summed E-state index contributed by atoms with van der Waals surface area (Å²) in [7, 11) is 0. The Morgan fingerprint density at radius 1 is 0.969 bits per heavy atom. The van der Waals surface area contributed by atoms with Gasteiger partial charge in [-0.25, -0.2) is 4.98 Å². The van der Waals surface area contributed by atoms with Gasteiger partial charge in [-0.3, -0.25) is 4.79 Å². The molecule has 0 saturated heterocycles. The highest BCUT2D eigenvalue weighted by Crippen LogP contribution is 2.37. The smallest absolute Gasteiger partial charge is 0.291 e. The van der Waals surface area contributed by atoms with Crippen LogP contribution in [0.2, 0.25) is 10.0 Å². The lowest BCUT2D eigenvalue weighted by Crippen LogP contribution is -2.11. The van der Waals surface area contributed by atoms with Crippen LogP contribution in [-0.4, -0.2) is 10.9 Å². The van der Waals surface area contributed by atoms with E-state index in [2.05, 4.69) is 21.2 Å². The molecule has 0 atom stereocenters. The van der Waals surface area contributed by atoms with Gasteiger partial charge in [-0.2, -0.15) is 0 Å². The number of aromatic nitrogens is 1. The van der Waals surface area contributed by atoms with E-state index in [0.29, 0.717) is 27.1 Å². The van der Waals surface area contributed by atoms with Crippen molar-refractivity contribution in [3.8, 4) is 21.9 Å². The van der Waals surface area contributed by atoms with Crippen LogP contribution in [0.1, 0.15) is 10.6 Å². The molecule has 1 N–H and O–H groups in total. The molecule has 0 spiro atoms. The number of fused-ring (bicyclic) bond motifs is 1. The number of nitrogens with one attached hydrogen (secondary N) is 1. The number of hydrogen-bond donors (Lipinski definition) is 1. The van der Waals surface area contributed by atoms with Crippen LogP contribution < -0.4 is 5.32 Å². The van der Waals surface area contributed by atoms with Crippen LogP contribution in [0, 0.1) is 0 Å². The third kappa shape index (κ3) is 4.19. The Labute approximate surface area is 205 Å². The first-order valence-corrected chi connectivity index (χ1v) is 11.9. The fourth-order valence-electron chi connectivity index (χ4n) is 3.27. The molecule has 5 rings (SSSR count). The Balaban J connectivity index is 1.46. The molecule has 3 aromatic carbocycles. The average Bonchev–Trinajstić information content (AvgIpc) is 3.42. The number of benzene rings is 3. The Bertz CT molecular complexity index is 1450. The molecule has 2 heterocycles. The second kappa shape index (κ2) is 8.71. The van der Waals surface area contributed by atoms with E-state index in [-0.39, 0.29) is 11.7 Å². The second-order valence-electron chi connectivity index (χ2n) is 6.92. The average molecular weight is 544 g/mol. The lowest BCUT2D eigenvalue weighted by atomic mass is 10.2. The first kappa shape index (κ1) is 21.2. The number of carbonyl (C=O) groups excluding carboxylic acids is 1. The van der Waals surface area contributed by atoms with Gasteiger partial charge < -0.3 is 9.73 Å². The molecule has 0 aliphatic carbocycles. The Morgan fingerprint density at radius 2 is 1.81 bits per heavy atom. The molecule has 0 fully saturated rings. The maximum Gasteiger partial charge on any atom is 0.291 e. The lowest BCUT2D eigenvalue weighted by Gasteiger charge is -2.09. The first-order chi connectivity index (χ1) is 15.5. The Hall–Kier alpha value is -2.64.